The third-order valence-electron chi connectivity index (χ3n) is 2.62. The topological polar surface area (TPSA) is 66.4 Å². The van der Waals surface area contributed by atoms with E-state index in [4.69, 9.17) is 16.7 Å². The van der Waals surface area contributed by atoms with Gasteiger partial charge in [-0.15, -0.1) is 11.3 Å². The average Bonchev–Trinajstić information content (AvgIpc) is 2.69. The number of carboxylic acid groups (broad SMARTS) is 1. The molecule has 2 N–H and O–H groups in total. The van der Waals surface area contributed by atoms with Crippen molar-refractivity contribution in [3.8, 4) is 0 Å². The van der Waals surface area contributed by atoms with Gasteiger partial charge in [0, 0.05) is 10.8 Å². The molecule has 2 unspecified atom stereocenters. The molecule has 1 rings (SSSR count). The number of carbonyl (C=O) groups excluding carboxylic acids is 1. The molecule has 0 aliphatic rings. The second kappa shape index (κ2) is 6.02. The first-order valence-corrected chi connectivity index (χ1v) is 6.36. The van der Waals surface area contributed by atoms with E-state index in [-0.39, 0.29) is 5.91 Å². The highest BCUT2D eigenvalue weighted by molar-refractivity contribution is 7.16. The van der Waals surface area contributed by atoms with Gasteiger partial charge in [-0.1, -0.05) is 25.4 Å². The van der Waals surface area contributed by atoms with E-state index in [9.17, 15) is 9.59 Å². The fraction of sp³-hybridized carbons (Fsp3) is 0.455. The maximum absolute atomic E-state index is 11.7. The van der Waals surface area contributed by atoms with Crippen LogP contribution in [0, 0.1) is 11.8 Å². The second-order valence-electron chi connectivity index (χ2n) is 3.84. The summed E-state index contributed by atoms with van der Waals surface area (Å²) in [6, 6.07) is 3.59. The molecule has 0 spiro atoms. The molecule has 17 heavy (non-hydrogen) atoms. The van der Waals surface area contributed by atoms with E-state index in [1.807, 2.05) is 6.07 Å². The normalized spacial score (nSPS) is 14.1. The Hall–Kier alpha value is -1.07. The van der Waals surface area contributed by atoms with Gasteiger partial charge in [-0.3, -0.25) is 9.59 Å². The zero-order valence-electron chi connectivity index (χ0n) is 9.57. The minimum atomic E-state index is -0.966. The van der Waals surface area contributed by atoms with Gasteiger partial charge in [0.25, 0.3) is 0 Å². The first-order valence-electron chi connectivity index (χ1n) is 5.16. The van der Waals surface area contributed by atoms with Crippen LogP contribution in [0.2, 0.25) is 4.34 Å². The Balaban J connectivity index is 2.47. The third kappa shape index (κ3) is 4.02. The third-order valence-corrected chi connectivity index (χ3v) is 3.85. The SMILES string of the molecule is CC(C(=O)O)C(C)C(=O)NCc1ccc(Cl)s1. The summed E-state index contributed by atoms with van der Waals surface area (Å²) in [5.74, 6) is -2.47. The summed E-state index contributed by atoms with van der Waals surface area (Å²) in [5.41, 5.74) is 0. The number of nitrogens with one attached hydrogen (secondary N) is 1. The highest BCUT2D eigenvalue weighted by Gasteiger charge is 2.25. The standard InChI is InChI=1S/C11H14ClNO3S/c1-6(7(2)11(15)16)10(14)13-5-8-3-4-9(12)17-8/h3-4,6-7H,5H2,1-2H3,(H,13,14)(H,15,16). The molecule has 1 heterocycles. The van der Waals surface area contributed by atoms with E-state index in [0.717, 1.165) is 4.88 Å². The number of aliphatic carboxylic acids is 1. The number of halogens is 1. The van der Waals surface area contributed by atoms with Crippen LogP contribution in [0.1, 0.15) is 18.7 Å². The molecule has 1 aromatic heterocycles. The van der Waals surface area contributed by atoms with Gasteiger partial charge < -0.3 is 10.4 Å². The summed E-state index contributed by atoms with van der Waals surface area (Å²) in [6.07, 6.45) is 0. The van der Waals surface area contributed by atoms with Gasteiger partial charge in [0.15, 0.2) is 0 Å². The largest absolute Gasteiger partial charge is 0.481 e. The van der Waals surface area contributed by atoms with Crippen LogP contribution in [0.4, 0.5) is 0 Å². The first kappa shape index (κ1) is 14.0. The van der Waals surface area contributed by atoms with Gasteiger partial charge in [-0.2, -0.15) is 0 Å². The van der Waals surface area contributed by atoms with E-state index >= 15 is 0 Å². The van der Waals surface area contributed by atoms with Crippen LogP contribution in [-0.4, -0.2) is 17.0 Å². The Kier molecular flexibility index (Phi) is 4.96. The summed E-state index contributed by atoms with van der Waals surface area (Å²) >= 11 is 7.15. The zero-order valence-corrected chi connectivity index (χ0v) is 11.1. The molecular weight excluding hydrogens is 262 g/mol. The first-order chi connectivity index (χ1) is 7.91. The smallest absolute Gasteiger partial charge is 0.307 e. The molecule has 6 heteroatoms. The lowest BCUT2D eigenvalue weighted by molar-refractivity contribution is -0.146. The molecule has 0 aliphatic carbocycles. The number of hydrogen-bond acceptors (Lipinski definition) is 3. The van der Waals surface area contributed by atoms with E-state index in [0.29, 0.717) is 10.9 Å². The Bertz CT molecular complexity index is 419. The van der Waals surface area contributed by atoms with Crippen molar-refractivity contribution >= 4 is 34.8 Å². The Morgan fingerprint density at radius 3 is 2.53 bits per heavy atom. The summed E-state index contributed by atoms with van der Waals surface area (Å²) in [6.45, 7) is 3.51. The van der Waals surface area contributed by atoms with Crippen LogP contribution in [0.3, 0.4) is 0 Å². The molecule has 0 aromatic carbocycles. The van der Waals surface area contributed by atoms with Crippen molar-refractivity contribution in [1.29, 1.82) is 0 Å². The van der Waals surface area contributed by atoms with E-state index in [1.165, 1.54) is 18.3 Å². The molecule has 0 aliphatic heterocycles. The van der Waals surface area contributed by atoms with Gasteiger partial charge in [0.2, 0.25) is 5.91 Å². The van der Waals surface area contributed by atoms with Crippen LogP contribution in [0.25, 0.3) is 0 Å². The molecule has 0 saturated heterocycles. The number of rotatable bonds is 5. The van der Waals surface area contributed by atoms with Crippen molar-refractivity contribution in [3.05, 3.63) is 21.3 Å². The fourth-order valence-corrected chi connectivity index (χ4v) is 2.25. The molecule has 0 saturated carbocycles. The Morgan fingerprint density at radius 2 is 2.06 bits per heavy atom. The van der Waals surface area contributed by atoms with Crippen molar-refractivity contribution in [2.24, 2.45) is 11.8 Å². The lowest BCUT2D eigenvalue weighted by Gasteiger charge is -2.15. The summed E-state index contributed by atoms with van der Waals surface area (Å²) in [4.78, 5) is 23.3. The predicted molar refractivity (Wildman–Crippen MR) is 67.1 cm³/mol. The quantitative estimate of drug-likeness (QED) is 0.867. The minimum Gasteiger partial charge on any atom is -0.481 e. The fourth-order valence-electron chi connectivity index (χ4n) is 1.22. The van der Waals surface area contributed by atoms with Crippen molar-refractivity contribution in [2.75, 3.05) is 0 Å². The summed E-state index contributed by atoms with van der Waals surface area (Å²) in [5, 5.41) is 11.5. The van der Waals surface area contributed by atoms with Crippen molar-refractivity contribution < 1.29 is 14.7 Å². The number of carbonyl (C=O) groups is 2. The van der Waals surface area contributed by atoms with E-state index in [2.05, 4.69) is 5.32 Å². The highest BCUT2D eigenvalue weighted by atomic mass is 35.5. The lowest BCUT2D eigenvalue weighted by atomic mass is 9.95. The van der Waals surface area contributed by atoms with Crippen LogP contribution in [-0.2, 0) is 16.1 Å². The zero-order chi connectivity index (χ0) is 13.0. The average molecular weight is 276 g/mol. The molecular formula is C11H14ClNO3S. The second-order valence-corrected chi connectivity index (χ2v) is 5.64. The van der Waals surface area contributed by atoms with Crippen molar-refractivity contribution in [1.82, 2.24) is 5.32 Å². The lowest BCUT2D eigenvalue weighted by Crippen LogP contribution is -2.34. The summed E-state index contributed by atoms with van der Waals surface area (Å²) in [7, 11) is 0. The van der Waals surface area contributed by atoms with Crippen LogP contribution in [0.15, 0.2) is 12.1 Å². The van der Waals surface area contributed by atoms with E-state index in [1.54, 1.807) is 13.0 Å². The monoisotopic (exact) mass is 275 g/mol. The Labute approximate surface area is 109 Å². The van der Waals surface area contributed by atoms with Crippen LogP contribution < -0.4 is 5.32 Å². The van der Waals surface area contributed by atoms with Crippen LogP contribution in [0.5, 0.6) is 0 Å². The van der Waals surface area contributed by atoms with Crippen molar-refractivity contribution in [2.45, 2.75) is 20.4 Å². The molecule has 0 radical (unpaired) electrons. The highest BCUT2D eigenvalue weighted by Crippen LogP contribution is 2.21. The van der Waals surface area contributed by atoms with E-state index < -0.39 is 17.8 Å². The van der Waals surface area contributed by atoms with Gasteiger partial charge in [-0.05, 0) is 12.1 Å². The molecule has 0 fully saturated rings. The summed E-state index contributed by atoms with van der Waals surface area (Å²) < 4.78 is 0.668. The molecule has 2 atom stereocenters. The minimum absolute atomic E-state index is 0.260. The Morgan fingerprint density at radius 1 is 1.41 bits per heavy atom. The maximum atomic E-state index is 11.7. The molecule has 0 bridgehead atoms. The van der Waals surface area contributed by atoms with Crippen LogP contribution >= 0.6 is 22.9 Å². The number of thiophene rings is 1. The predicted octanol–water partition coefficient (Wildman–Crippen LogP) is 2.37. The van der Waals surface area contributed by atoms with Gasteiger partial charge in [-0.25, -0.2) is 0 Å². The maximum Gasteiger partial charge on any atom is 0.307 e. The van der Waals surface area contributed by atoms with Crippen molar-refractivity contribution in [3.63, 3.8) is 0 Å². The molecule has 94 valence electrons. The van der Waals surface area contributed by atoms with Gasteiger partial charge in [0.05, 0.1) is 16.8 Å². The molecule has 1 amide bonds. The number of amides is 1. The molecule has 4 nitrogen and oxygen atoms in total. The van der Waals surface area contributed by atoms with Gasteiger partial charge in [0.1, 0.15) is 0 Å². The number of carboxylic acids is 1. The molecule has 1 aromatic rings. The number of hydrogen-bond donors (Lipinski definition) is 2. The van der Waals surface area contributed by atoms with Gasteiger partial charge >= 0.3 is 5.97 Å².